The van der Waals surface area contributed by atoms with Gasteiger partial charge in [-0.15, -0.1) is 0 Å². The Morgan fingerprint density at radius 1 is 1.43 bits per heavy atom. The summed E-state index contributed by atoms with van der Waals surface area (Å²) in [4.78, 5) is 14.2. The topological polar surface area (TPSA) is 97.5 Å². The number of furan rings is 1. The van der Waals surface area contributed by atoms with Crippen LogP contribution in [0.3, 0.4) is 0 Å². The summed E-state index contributed by atoms with van der Waals surface area (Å²) in [7, 11) is 0. The molecule has 0 bridgehead atoms. The maximum absolute atomic E-state index is 11.9. The van der Waals surface area contributed by atoms with E-state index in [-0.39, 0.29) is 11.8 Å². The summed E-state index contributed by atoms with van der Waals surface area (Å²) in [5.41, 5.74) is 9.76. The van der Waals surface area contributed by atoms with Crippen LogP contribution in [0.25, 0.3) is 11.0 Å². The van der Waals surface area contributed by atoms with Crippen LogP contribution >= 0.6 is 0 Å². The van der Waals surface area contributed by atoms with Gasteiger partial charge in [0, 0.05) is 30.1 Å². The zero-order chi connectivity index (χ0) is 14.8. The third kappa shape index (κ3) is 2.78. The third-order valence-corrected chi connectivity index (χ3v) is 3.96. The fourth-order valence-electron chi connectivity index (χ4n) is 2.96. The Morgan fingerprint density at radius 2 is 2.24 bits per heavy atom. The molecule has 1 atom stereocenters. The summed E-state index contributed by atoms with van der Waals surface area (Å²) in [6.07, 6.45) is 2.13. The molecule has 112 valence electrons. The molecule has 3 rings (SSSR count). The van der Waals surface area contributed by atoms with Crippen LogP contribution in [0.4, 0.5) is 0 Å². The molecule has 1 aliphatic heterocycles. The zero-order valence-corrected chi connectivity index (χ0v) is 11.8. The van der Waals surface area contributed by atoms with Crippen molar-refractivity contribution in [1.29, 1.82) is 0 Å². The maximum Gasteiger partial charge on any atom is 0.301 e. The molecule has 5 N–H and O–H groups in total. The number of fused-ring (bicyclic) bond motifs is 1. The molecule has 2 heterocycles. The molecule has 1 fully saturated rings. The second-order valence-electron chi connectivity index (χ2n) is 5.52. The lowest BCUT2D eigenvalue weighted by molar-refractivity contribution is 0.0924. The summed E-state index contributed by atoms with van der Waals surface area (Å²) in [5.74, 6) is 5.15. The number of nitrogens with one attached hydrogen (secondary N) is 1. The molecule has 1 aromatic carbocycles. The lowest BCUT2D eigenvalue weighted by Gasteiger charge is -2.30. The largest absolute Gasteiger partial charge is 0.451 e. The van der Waals surface area contributed by atoms with Crippen LogP contribution < -0.4 is 17.0 Å². The van der Waals surface area contributed by atoms with Gasteiger partial charge in [-0.05, 0) is 25.5 Å². The molecule has 0 saturated carbocycles. The van der Waals surface area contributed by atoms with E-state index < -0.39 is 5.91 Å². The normalized spacial score (nSPS) is 19.8. The van der Waals surface area contributed by atoms with Gasteiger partial charge in [0.25, 0.3) is 0 Å². The lowest BCUT2D eigenvalue weighted by atomic mass is 10.0. The third-order valence-electron chi connectivity index (χ3n) is 3.96. The van der Waals surface area contributed by atoms with Crippen LogP contribution in [0.1, 0.15) is 29.0 Å². The first-order valence-corrected chi connectivity index (χ1v) is 7.18. The van der Waals surface area contributed by atoms with E-state index in [0.29, 0.717) is 12.1 Å². The molecule has 21 heavy (non-hydrogen) atoms. The Kier molecular flexibility index (Phi) is 3.92. The number of piperidine rings is 1. The van der Waals surface area contributed by atoms with Crippen LogP contribution in [0.2, 0.25) is 0 Å². The van der Waals surface area contributed by atoms with Gasteiger partial charge in [0.05, 0.1) is 0 Å². The highest BCUT2D eigenvalue weighted by atomic mass is 16.3. The number of para-hydroxylation sites is 1. The van der Waals surface area contributed by atoms with Crippen LogP contribution in [0.15, 0.2) is 28.7 Å². The fourth-order valence-corrected chi connectivity index (χ4v) is 2.96. The molecule has 0 aliphatic carbocycles. The van der Waals surface area contributed by atoms with Crippen molar-refractivity contribution in [3.63, 3.8) is 0 Å². The molecule has 6 nitrogen and oxygen atoms in total. The second-order valence-corrected chi connectivity index (χ2v) is 5.52. The molecule has 0 radical (unpaired) electrons. The number of hydrogen-bond donors (Lipinski definition) is 3. The molecule has 2 aromatic rings. The predicted molar refractivity (Wildman–Crippen MR) is 80.4 cm³/mol. The van der Waals surface area contributed by atoms with Crippen LogP contribution in [0, 0.1) is 0 Å². The maximum atomic E-state index is 11.9. The Hall–Kier alpha value is -1.89. The van der Waals surface area contributed by atoms with E-state index in [0.717, 1.165) is 36.9 Å². The Bertz CT molecular complexity index is 652. The lowest BCUT2D eigenvalue weighted by Crippen LogP contribution is -2.42. The first kappa shape index (κ1) is 14.1. The first-order valence-electron chi connectivity index (χ1n) is 7.18. The van der Waals surface area contributed by atoms with Gasteiger partial charge in [-0.25, -0.2) is 5.84 Å². The van der Waals surface area contributed by atoms with Gasteiger partial charge < -0.3 is 10.2 Å². The van der Waals surface area contributed by atoms with Crippen molar-refractivity contribution in [2.24, 2.45) is 11.6 Å². The minimum atomic E-state index is -0.400. The quantitative estimate of drug-likeness (QED) is 0.444. The summed E-state index contributed by atoms with van der Waals surface area (Å²) < 4.78 is 5.67. The number of hydrazine groups is 1. The molecule has 1 unspecified atom stereocenters. The number of nitrogens with two attached hydrogens (primary N) is 2. The number of amides is 1. The van der Waals surface area contributed by atoms with Crippen molar-refractivity contribution >= 4 is 16.9 Å². The van der Waals surface area contributed by atoms with Gasteiger partial charge in [0.2, 0.25) is 0 Å². The average Bonchev–Trinajstić information content (AvgIpc) is 2.85. The monoisotopic (exact) mass is 288 g/mol. The van der Waals surface area contributed by atoms with Gasteiger partial charge in [-0.2, -0.15) is 0 Å². The SMILES string of the molecule is NNC(=O)c1oc2ccccc2c1CN1CCCC(N)C1. The first-order chi connectivity index (χ1) is 10.2. The molecule has 1 saturated heterocycles. The molecule has 1 aromatic heterocycles. The van der Waals surface area contributed by atoms with E-state index in [9.17, 15) is 4.79 Å². The highest BCUT2D eigenvalue weighted by molar-refractivity contribution is 5.98. The molecular formula is C15H20N4O2. The van der Waals surface area contributed by atoms with Crippen LogP contribution in [-0.2, 0) is 6.54 Å². The van der Waals surface area contributed by atoms with Gasteiger partial charge in [-0.1, -0.05) is 18.2 Å². The number of likely N-dealkylation sites (tertiary alicyclic amines) is 1. The summed E-state index contributed by atoms with van der Waals surface area (Å²) in [5, 5.41) is 0.954. The van der Waals surface area contributed by atoms with Crippen molar-refractivity contribution in [2.75, 3.05) is 13.1 Å². The van der Waals surface area contributed by atoms with Crippen LogP contribution in [0.5, 0.6) is 0 Å². The Balaban J connectivity index is 1.96. The number of carbonyl (C=O) groups is 1. The number of nitrogens with zero attached hydrogens (tertiary/aromatic N) is 1. The van der Waals surface area contributed by atoms with Crippen LogP contribution in [-0.4, -0.2) is 29.9 Å². The summed E-state index contributed by atoms with van der Waals surface area (Å²) in [6.45, 7) is 2.47. The standard InChI is InChI=1S/C15H20N4O2/c16-10-4-3-7-19(8-10)9-12-11-5-1-2-6-13(11)21-14(12)15(20)18-17/h1-2,5-6,10H,3-4,7-9,16-17H2,(H,18,20). The van der Waals surface area contributed by atoms with Crippen molar-refractivity contribution in [3.8, 4) is 0 Å². The minimum Gasteiger partial charge on any atom is -0.451 e. The number of carbonyl (C=O) groups excluding carboxylic acids is 1. The highest BCUT2D eigenvalue weighted by Gasteiger charge is 2.24. The van der Waals surface area contributed by atoms with Gasteiger partial charge in [-0.3, -0.25) is 15.1 Å². The molecule has 1 aliphatic rings. The van der Waals surface area contributed by atoms with Crippen molar-refractivity contribution in [1.82, 2.24) is 10.3 Å². The van der Waals surface area contributed by atoms with E-state index >= 15 is 0 Å². The molecule has 0 spiro atoms. The van der Waals surface area contributed by atoms with E-state index in [1.165, 1.54) is 0 Å². The number of benzene rings is 1. The van der Waals surface area contributed by atoms with Gasteiger partial charge in [0.15, 0.2) is 5.76 Å². The minimum absolute atomic E-state index is 0.198. The molecular weight excluding hydrogens is 268 g/mol. The van der Waals surface area contributed by atoms with E-state index in [4.69, 9.17) is 16.0 Å². The highest BCUT2D eigenvalue weighted by Crippen LogP contribution is 2.27. The summed E-state index contributed by atoms with van der Waals surface area (Å²) in [6, 6.07) is 7.84. The summed E-state index contributed by atoms with van der Waals surface area (Å²) >= 11 is 0. The Labute approximate surface area is 123 Å². The van der Waals surface area contributed by atoms with E-state index in [2.05, 4.69) is 10.3 Å². The number of rotatable bonds is 3. The van der Waals surface area contributed by atoms with Gasteiger partial charge in [0.1, 0.15) is 5.58 Å². The second kappa shape index (κ2) is 5.85. The van der Waals surface area contributed by atoms with E-state index in [1.54, 1.807) is 0 Å². The number of nitrogen functional groups attached to an aromatic ring is 1. The van der Waals surface area contributed by atoms with Crippen molar-refractivity contribution in [3.05, 3.63) is 35.6 Å². The Morgan fingerprint density at radius 3 is 3.00 bits per heavy atom. The predicted octanol–water partition coefficient (Wildman–Crippen LogP) is 0.959. The van der Waals surface area contributed by atoms with Crippen molar-refractivity contribution < 1.29 is 9.21 Å². The van der Waals surface area contributed by atoms with E-state index in [1.807, 2.05) is 24.3 Å². The van der Waals surface area contributed by atoms with Gasteiger partial charge >= 0.3 is 5.91 Å². The zero-order valence-electron chi connectivity index (χ0n) is 11.8. The smallest absolute Gasteiger partial charge is 0.301 e. The molecule has 1 amide bonds. The number of hydrogen-bond acceptors (Lipinski definition) is 5. The average molecular weight is 288 g/mol. The molecule has 6 heteroatoms. The fraction of sp³-hybridized carbons (Fsp3) is 0.400. The van der Waals surface area contributed by atoms with Crippen molar-refractivity contribution in [2.45, 2.75) is 25.4 Å².